The summed E-state index contributed by atoms with van der Waals surface area (Å²) in [4.78, 5) is 2.29. The Balaban J connectivity index is 1.97. The van der Waals surface area contributed by atoms with Crippen LogP contribution in [0.1, 0.15) is 36.7 Å². The summed E-state index contributed by atoms with van der Waals surface area (Å²) in [5.74, 6) is 0. The molecule has 132 valence electrons. The fourth-order valence-electron chi connectivity index (χ4n) is 2.85. The molecule has 0 amide bonds. The third-order valence-electron chi connectivity index (χ3n) is 4.47. The number of aliphatic hydroxyl groups is 1. The molecule has 0 saturated carbocycles. The number of benzene rings is 1. The van der Waals surface area contributed by atoms with Crippen LogP contribution in [-0.4, -0.2) is 35.1 Å². The Morgan fingerprint density at radius 2 is 1.92 bits per heavy atom. The predicted molar refractivity (Wildman–Crippen MR) is 101 cm³/mol. The van der Waals surface area contributed by atoms with Crippen LogP contribution >= 0.6 is 0 Å². The number of nitrogens with one attached hydrogen (secondary N) is 1. The van der Waals surface area contributed by atoms with E-state index in [1.54, 1.807) is 0 Å². The number of hydrogen-bond donors (Lipinski definition) is 2. The van der Waals surface area contributed by atoms with Crippen molar-refractivity contribution < 1.29 is 5.11 Å². The van der Waals surface area contributed by atoms with Gasteiger partial charge in [0, 0.05) is 42.8 Å². The first kappa shape index (κ1) is 18.3. The zero-order chi connectivity index (χ0) is 17.5. The van der Waals surface area contributed by atoms with Gasteiger partial charge in [-0.05, 0) is 44.5 Å². The molecule has 1 aromatic carbocycles. The molecule has 5 nitrogen and oxygen atoms in total. The minimum absolute atomic E-state index is 0.113. The molecule has 0 bridgehead atoms. The largest absolute Gasteiger partial charge is 0.394 e. The molecule has 2 rings (SSSR count). The van der Waals surface area contributed by atoms with Crippen molar-refractivity contribution in [3.8, 4) is 0 Å². The van der Waals surface area contributed by atoms with Crippen molar-refractivity contribution in [2.24, 2.45) is 0 Å². The summed E-state index contributed by atoms with van der Waals surface area (Å²) in [5, 5.41) is 17.1. The molecule has 0 spiro atoms. The molecule has 1 heterocycles. The lowest BCUT2D eigenvalue weighted by Gasteiger charge is -2.19. The molecule has 2 N–H and O–H groups in total. The number of anilines is 2. The van der Waals surface area contributed by atoms with Gasteiger partial charge in [-0.2, -0.15) is 5.10 Å². The lowest BCUT2D eigenvalue weighted by molar-refractivity contribution is 0.268. The topological polar surface area (TPSA) is 53.3 Å². The van der Waals surface area contributed by atoms with Gasteiger partial charge in [0.2, 0.25) is 0 Å². The fourth-order valence-corrected chi connectivity index (χ4v) is 2.85. The van der Waals surface area contributed by atoms with Crippen molar-refractivity contribution in [2.75, 3.05) is 30.4 Å². The molecule has 0 aliphatic rings. The van der Waals surface area contributed by atoms with Gasteiger partial charge in [-0.15, -0.1) is 0 Å². The molecule has 24 heavy (non-hydrogen) atoms. The first-order valence-corrected chi connectivity index (χ1v) is 8.75. The summed E-state index contributed by atoms with van der Waals surface area (Å²) in [7, 11) is 2.14. The van der Waals surface area contributed by atoms with E-state index in [-0.39, 0.29) is 6.61 Å². The van der Waals surface area contributed by atoms with Crippen molar-refractivity contribution in [1.82, 2.24) is 9.78 Å². The SMILES string of the molecule is CCCCN(C)c1ccc(NCc2c(C)nn(CCO)c2C)cc1. The Hall–Kier alpha value is -2.01. The van der Waals surface area contributed by atoms with Crippen LogP contribution < -0.4 is 10.2 Å². The number of rotatable bonds is 9. The highest BCUT2D eigenvalue weighted by Gasteiger charge is 2.11. The maximum Gasteiger partial charge on any atom is 0.0646 e. The molecule has 0 saturated heterocycles. The van der Waals surface area contributed by atoms with Crippen LogP contribution in [0.15, 0.2) is 24.3 Å². The minimum Gasteiger partial charge on any atom is -0.394 e. The van der Waals surface area contributed by atoms with E-state index >= 15 is 0 Å². The molecule has 0 atom stereocenters. The molecule has 0 aliphatic carbocycles. The Bertz CT molecular complexity index is 634. The van der Waals surface area contributed by atoms with Crippen molar-refractivity contribution in [2.45, 2.75) is 46.7 Å². The second kappa shape index (κ2) is 8.73. The van der Waals surface area contributed by atoms with E-state index in [1.165, 1.54) is 24.1 Å². The lowest BCUT2D eigenvalue weighted by atomic mass is 10.2. The summed E-state index contributed by atoms with van der Waals surface area (Å²) in [5.41, 5.74) is 5.69. The van der Waals surface area contributed by atoms with E-state index in [1.807, 2.05) is 11.6 Å². The van der Waals surface area contributed by atoms with E-state index < -0.39 is 0 Å². The second-order valence-electron chi connectivity index (χ2n) is 6.27. The van der Waals surface area contributed by atoms with Crippen LogP contribution in [0.25, 0.3) is 0 Å². The molecule has 0 unspecified atom stereocenters. The number of nitrogens with zero attached hydrogens (tertiary/aromatic N) is 3. The first-order chi connectivity index (χ1) is 11.6. The molecule has 0 aliphatic heterocycles. The number of hydrogen-bond acceptors (Lipinski definition) is 4. The van der Waals surface area contributed by atoms with Gasteiger partial charge in [0.25, 0.3) is 0 Å². The standard InChI is InChI=1S/C19H30N4O/c1-5-6-11-22(4)18-9-7-17(8-10-18)20-14-19-15(2)21-23(12-13-24)16(19)3/h7-10,20,24H,5-6,11-14H2,1-4H3. The smallest absolute Gasteiger partial charge is 0.0646 e. The average molecular weight is 330 g/mol. The number of aryl methyl sites for hydroxylation is 1. The van der Waals surface area contributed by atoms with Crippen LogP contribution in [0, 0.1) is 13.8 Å². The summed E-state index contributed by atoms with van der Waals surface area (Å²) in [6.45, 7) is 8.78. The van der Waals surface area contributed by atoms with E-state index in [0.29, 0.717) is 6.54 Å². The third kappa shape index (κ3) is 4.51. The number of aliphatic hydroxyl groups excluding tert-OH is 1. The van der Waals surface area contributed by atoms with Crippen molar-refractivity contribution in [3.05, 3.63) is 41.2 Å². The van der Waals surface area contributed by atoms with E-state index in [4.69, 9.17) is 5.11 Å². The van der Waals surface area contributed by atoms with E-state index in [0.717, 1.165) is 30.2 Å². The molecular weight excluding hydrogens is 300 g/mol. The van der Waals surface area contributed by atoms with Gasteiger partial charge in [0.15, 0.2) is 0 Å². The average Bonchev–Trinajstić information content (AvgIpc) is 2.85. The monoisotopic (exact) mass is 330 g/mol. The van der Waals surface area contributed by atoms with Gasteiger partial charge >= 0.3 is 0 Å². The zero-order valence-electron chi connectivity index (χ0n) is 15.3. The first-order valence-electron chi connectivity index (χ1n) is 8.75. The highest BCUT2D eigenvalue weighted by atomic mass is 16.3. The van der Waals surface area contributed by atoms with Crippen molar-refractivity contribution >= 4 is 11.4 Å². The maximum atomic E-state index is 9.10. The Kier molecular flexibility index (Phi) is 6.67. The highest BCUT2D eigenvalue weighted by Crippen LogP contribution is 2.19. The Morgan fingerprint density at radius 3 is 2.54 bits per heavy atom. The van der Waals surface area contributed by atoms with Crippen LogP contribution in [0.2, 0.25) is 0 Å². The quantitative estimate of drug-likeness (QED) is 0.740. The Morgan fingerprint density at radius 1 is 1.21 bits per heavy atom. The zero-order valence-corrected chi connectivity index (χ0v) is 15.3. The van der Waals surface area contributed by atoms with Crippen molar-refractivity contribution in [3.63, 3.8) is 0 Å². The van der Waals surface area contributed by atoms with Gasteiger partial charge in [-0.1, -0.05) is 13.3 Å². The highest BCUT2D eigenvalue weighted by molar-refractivity contribution is 5.55. The van der Waals surface area contributed by atoms with Gasteiger partial charge in [-0.25, -0.2) is 0 Å². The van der Waals surface area contributed by atoms with Gasteiger partial charge in [0.1, 0.15) is 0 Å². The summed E-state index contributed by atoms with van der Waals surface area (Å²) < 4.78 is 1.87. The minimum atomic E-state index is 0.113. The molecule has 1 aromatic heterocycles. The molecular formula is C19H30N4O. The summed E-state index contributed by atoms with van der Waals surface area (Å²) in [6.07, 6.45) is 2.43. The van der Waals surface area contributed by atoms with Crippen LogP contribution in [0.3, 0.4) is 0 Å². The third-order valence-corrected chi connectivity index (χ3v) is 4.47. The van der Waals surface area contributed by atoms with Crippen LogP contribution in [0.4, 0.5) is 11.4 Å². The second-order valence-corrected chi connectivity index (χ2v) is 6.27. The molecule has 5 heteroatoms. The van der Waals surface area contributed by atoms with Gasteiger partial charge in [-0.3, -0.25) is 4.68 Å². The van der Waals surface area contributed by atoms with Crippen LogP contribution in [0.5, 0.6) is 0 Å². The Labute approximate surface area is 145 Å². The predicted octanol–water partition coefficient (Wildman–Crippen LogP) is 3.34. The van der Waals surface area contributed by atoms with Crippen molar-refractivity contribution in [1.29, 1.82) is 0 Å². The number of unbranched alkanes of at least 4 members (excludes halogenated alkanes) is 1. The molecule has 0 fully saturated rings. The molecule has 0 radical (unpaired) electrons. The van der Waals surface area contributed by atoms with Crippen LogP contribution in [-0.2, 0) is 13.1 Å². The van der Waals surface area contributed by atoms with Gasteiger partial charge < -0.3 is 15.3 Å². The molecule has 2 aromatic rings. The fraction of sp³-hybridized carbons (Fsp3) is 0.526. The van der Waals surface area contributed by atoms with Gasteiger partial charge in [0.05, 0.1) is 18.8 Å². The summed E-state index contributed by atoms with van der Waals surface area (Å²) in [6, 6.07) is 8.57. The maximum absolute atomic E-state index is 9.10. The number of aromatic nitrogens is 2. The lowest BCUT2D eigenvalue weighted by Crippen LogP contribution is -2.18. The van der Waals surface area contributed by atoms with E-state index in [9.17, 15) is 0 Å². The normalized spacial score (nSPS) is 10.9. The van der Waals surface area contributed by atoms with E-state index in [2.05, 4.69) is 60.5 Å². The summed E-state index contributed by atoms with van der Waals surface area (Å²) >= 11 is 0.